The average Bonchev–Trinajstić information content (AvgIpc) is 3.21. The van der Waals surface area contributed by atoms with Gasteiger partial charge in [0.15, 0.2) is 0 Å². The fourth-order valence-electron chi connectivity index (χ4n) is 2.58. The van der Waals surface area contributed by atoms with Crippen molar-refractivity contribution >= 4 is 11.7 Å². The highest BCUT2D eigenvalue weighted by atomic mass is 16.5. The van der Waals surface area contributed by atoms with Gasteiger partial charge in [0.2, 0.25) is 0 Å². The number of ether oxygens (including phenoxy) is 1. The maximum atomic E-state index is 12.2. The normalized spacial score (nSPS) is 17.2. The molecule has 7 heteroatoms. The topological polar surface area (TPSA) is 72.3 Å². The van der Waals surface area contributed by atoms with Crippen LogP contribution in [0.1, 0.15) is 18.4 Å². The summed E-state index contributed by atoms with van der Waals surface area (Å²) in [5.74, 6) is 0. The van der Waals surface area contributed by atoms with Crippen molar-refractivity contribution in [1.29, 1.82) is 0 Å². The number of carbonyl (C=O) groups is 1. The molecule has 1 unspecified atom stereocenters. The summed E-state index contributed by atoms with van der Waals surface area (Å²) in [5.41, 5.74) is 1.72. The SMILES string of the molecule is CN(Cc1ccncc1)C(=O)Nc1cnn(CC2CCCO2)c1. The summed E-state index contributed by atoms with van der Waals surface area (Å²) < 4.78 is 7.40. The molecule has 1 atom stereocenters. The number of aromatic nitrogens is 3. The van der Waals surface area contributed by atoms with Crippen molar-refractivity contribution in [2.24, 2.45) is 0 Å². The van der Waals surface area contributed by atoms with E-state index < -0.39 is 0 Å². The van der Waals surface area contributed by atoms with E-state index >= 15 is 0 Å². The molecular weight excluding hydrogens is 294 g/mol. The molecule has 2 aromatic heterocycles. The standard InChI is InChI=1S/C16H21N5O2/c1-20(10-13-4-6-17-7-5-13)16(22)19-14-9-18-21(11-14)12-15-3-2-8-23-15/h4-7,9,11,15H,2-3,8,10,12H2,1H3,(H,19,22). The van der Waals surface area contributed by atoms with Crippen molar-refractivity contribution in [3.8, 4) is 0 Å². The van der Waals surface area contributed by atoms with Gasteiger partial charge in [-0.1, -0.05) is 0 Å². The number of hydrogen-bond acceptors (Lipinski definition) is 4. The molecule has 1 aliphatic heterocycles. The minimum absolute atomic E-state index is 0.168. The van der Waals surface area contributed by atoms with Gasteiger partial charge in [-0.05, 0) is 30.5 Å². The Morgan fingerprint density at radius 2 is 2.30 bits per heavy atom. The van der Waals surface area contributed by atoms with Gasteiger partial charge in [0.1, 0.15) is 0 Å². The lowest BCUT2D eigenvalue weighted by atomic mass is 10.2. The molecule has 1 fully saturated rings. The van der Waals surface area contributed by atoms with Gasteiger partial charge in [-0.25, -0.2) is 4.79 Å². The first-order valence-corrected chi connectivity index (χ1v) is 7.76. The number of nitrogens with zero attached hydrogens (tertiary/aromatic N) is 4. The maximum absolute atomic E-state index is 12.2. The van der Waals surface area contributed by atoms with E-state index in [4.69, 9.17) is 4.74 Å². The molecule has 1 saturated heterocycles. The van der Waals surface area contributed by atoms with Crippen LogP contribution in [-0.2, 0) is 17.8 Å². The minimum Gasteiger partial charge on any atom is -0.376 e. The van der Waals surface area contributed by atoms with Crippen LogP contribution in [0.15, 0.2) is 36.9 Å². The van der Waals surface area contributed by atoms with E-state index in [-0.39, 0.29) is 12.1 Å². The number of pyridine rings is 1. The predicted molar refractivity (Wildman–Crippen MR) is 85.9 cm³/mol. The molecule has 1 aliphatic rings. The van der Waals surface area contributed by atoms with Crippen LogP contribution in [0.2, 0.25) is 0 Å². The van der Waals surface area contributed by atoms with Gasteiger partial charge in [-0.2, -0.15) is 5.10 Å². The Labute approximate surface area is 135 Å². The van der Waals surface area contributed by atoms with Crippen LogP contribution in [0.5, 0.6) is 0 Å². The van der Waals surface area contributed by atoms with Gasteiger partial charge in [0.25, 0.3) is 0 Å². The highest BCUT2D eigenvalue weighted by molar-refractivity contribution is 5.88. The van der Waals surface area contributed by atoms with Gasteiger partial charge in [-0.3, -0.25) is 9.67 Å². The fourth-order valence-corrected chi connectivity index (χ4v) is 2.58. The Balaban J connectivity index is 1.52. The van der Waals surface area contributed by atoms with Crippen molar-refractivity contribution in [2.45, 2.75) is 32.0 Å². The van der Waals surface area contributed by atoms with Crippen LogP contribution in [0, 0.1) is 0 Å². The van der Waals surface area contributed by atoms with Crippen molar-refractivity contribution in [2.75, 3.05) is 19.0 Å². The molecule has 3 heterocycles. The third-order valence-corrected chi connectivity index (χ3v) is 3.81. The Bertz CT molecular complexity index is 637. The zero-order chi connectivity index (χ0) is 16.1. The molecule has 0 spiro atoms. The van der Waals surface area contributed by atoms with Crippen LogP contribution >= 0.6 is 0 Å². The summed E-state index contributed by atoms with van der Waals surface area (Å²) >= 11 is 0. The van der Waals surface area contributed by atoms with Crippen molar-refractivity contribution in [3.63, 3.8) is 0 Å². The second kappa shape index (κ2) is 7.23. The summed E-state index contributed by atoms with van der Waals surface area (Å²) in [6, 6.07) is 3.62. The van der Waals surface area contributed by atoms with Crippen molar-refractivity contribution in [1.82, 2.24) is 19.7 Å². The third-order valence-electron chi connectivity index (χ3n) is 3.81. The fraction of sp³-hybridized carbons (Fsp3) is 0.438. The van der Waals surface area contributed by atoms with Crippen LogP contribution in [0.25, 0.3) is 0 Å². The summed E-state index contributed by atoms with van der Waals surface area (Å²) in [7, 11) is 1.76. The molecule has 23 heavy (non-hydrogen) atoms. The smallest absolute Gasteiger partial charge is 0.321 e. The maximum Gasteiger partial charge on any atom is 0.321 e. The van der Waals surface area contributed by atoms with E-state index in [1.165, 1.54) is 0 Å². The van der Waals surface area contributed by atoms with Crippen molar-refractivity contribution < 1.29 is 9.53 Å². The van der Waals surface area contributed by atoms with Gasteiger partial charge in [-0.15, -0.1) is 0 Å². The minimum atomic E-state index is -0.168. The first kappa shape index (κ1) is 15.5. The first-order chi connectivity index (χ1) is 11.2. The molecular formula is C16H21N5O2. The molecule has 0 radical (unpaired) electrons. The number of rotatable bonds is 5. The largest absolute Gasteiger partial charge is 0.376 e. The molecule has 0 bridgehead atoms. The van der Waals surface area contributed by atoms with Gasteiger partial charge >= 0.3 is 6.03 Å². The van der Waals surface area contributed by atoms with Gasteiger partial charge < -0.3 is 15.0 Å². The Morgan fingerprint density at radius 1 is 1.48 bits per heavy atom. The van der Waals surface area contributed by atoms with E-state index in [1.807, 2.05) is 23.0 Å². The second-order valence-corrected chi connectivity index (χ2v) is 5.73. The molecule has 2 aromatic rings. The Hall–Kier alpha value is -2.41. The first-order valence-electron chi connectivity index (χ1n) is 7.76. The highest BCUT2D eigenvalue weighted by Crippen LogP contribution is 2.15. The van der Waals surface area contributed by atoms with E-state index in [0.29, 0.717) is 12.2 Å². The molecule has 3 rings (SSSR count). The number of urea groups is 1. The van der Waals surface area contributed by atoms with Crippen molar-refractivity contribution in [3.05, 3.63) is 42.5 Å². The number of nitrogens with one attached hydrogen (secondary N) is 1. The van der Waals surface area contributed by atoms with Crippen LogP contribution in [-0.4, -0.2) is 45.5 Å². The molecule has 0 aromatic carbocycles. The highest BCUT2D eigenvalue weighted by Gasteiger charge is 2.17. The Morgan fingerprint density at radius 3 is 3.04 bits per heavy atom. The lowest BCUT2D eigenvalue weighted by molar-refractivity contribution is 0.0940. The Kier molecular flexibility index (Phi) is 4.87. The van der Waals surface area contributed by atoms with E-state index in [0.717, 1.165) is 31.6 Å². The summed E-state index contributed by atoms with van der Waals surface area (Å²) in [6.45, 7) is 2.08. The zero-order valence-electron chi connectivity index (χ0n) is 13.2. The van der Waals surface area contributed by atoms with E-state index in [2.05, 4.69) is 15.4 Å². The monoisotopic (exact) mass is 315 g/mol. The summed E-state index contributed by atoms with van der Waals surface area (Å²) in [5, 5.41) is 7.13. The molecule has 0 aliphatic carbocycles. The number of anilines is 1. The lowest BCUT2D eigenvalue weighted by Crippen LogP contribution is -2.30. The van der Waals surface area contributed by atoms with E-state index in [1.54, 1.807) is 30.5 Å². The molecule has 0 saturated carbocycles. The quantitative estimate of drug-likeness (QED) is 0.917. The van der Waals surface area contributed by atoms with Gasteiger partial charge in [0.05, 0.1) is 24.5 Å². The average molecular weight is 315 g/mol. The third kappa shape index (κ3) is 4.29. The van der Waals surface area contributed by atoms with E-state index in [9.17, 15) is 4.79 Å². The number of amides is 2. The predicted octanol–water partition coefficient (Wildman–Crippen LogP) is 2.12. The number of hydrogen-bond donors (Lipinski definition) is 1. The molecule has 2 amide bonds. The zero-order valence-corrected chi connectivity index (χ0v) is 13.2. The number of carbonyl (C=O) groups excluding carboxylic acids is 1. The van der Waals surface area contributed by atoms with Gasteiger partial charge in [0, 0.05) is 38.8 Å². The van der Waals surface area contributed by atoms with Crippen LogP contribution in [0.4, 0.5) is 10.5 Å². The summed E-state index contributed by atoms with van der Waals surface area (Å²) in [4.78, 5) is 17.8. The molecule has 7 nitrogen and oxygen atoms in total. The van der Waals surface area contributed by atoms with Crippen LogP contribution < -0.4 is 5.32 Å². The molecule has 122 valence electrons. The lowest BCUT2D eigenvalue weighted by Gasteiger charge is -2.17. The van der Waals surface area contributed by atoms with Crippen LogP contribution in [0.3, 0.4) is 0 Å². The second-order valence-electron chi connectivity index (χ2n) is 5.73. The summed E-state index contributed by atoms with van der Waals surface area (Å²) in [6.07, 6.45) is 9.33. The molecule has 1 N–H and O–H groups in total.